The van der Waals surface area contributed by atoms with Crippen LogP contribution in [0.1, 0.15) is 58.9 Å². The van der Waals surface area contributed by atoms with E-state index in [9.17, 15) is 9.90 Å². The van der Waals surface area contributed by atoms with Crippen LogP contribution in [0.15, 0.2) is 66.9 Å². The Bertz CT molecular complexity index is 1420. The first-order chi connectivity index (χ1) is 18.1. The van der Waals surface area contributed by atoms with Gasteiger partial charge in [0.2, 0.25) is 0 Å². The number of rotatable bonds is 6. The maximum Gasteiger partial charge on any atom is 0.309 e. The van der Waals surface area contributed by atoms with Crippen LogP contribution in [0.4, 0.5) is 5.82 Å². The van der Waals surface area contributed by atoms with Crippen LogP contribution >= 0.6 is 0 Å². The Balaban J connectivity index is 1.37. The van der Waals surface area contributed by atoms with Crippen LogP contribution in [-0.4, -0.2) is 37.0 Å². The lowest BCUT2D eigenvalue weighted by molar-refractivity contribution is -0.161. The second-order valence-electron chi connectivity index (χ2n) is 11.0. The second-order valence-corrected chi connectivity index (χ2v) is 11.0. The van der Waals surface area contributed by atoms with Gasteiger partial charge in [-0.2, -0.15) is 5.10 Å². The fraction of sp³-hybridized carbons (Fsp3) is 0.367. The van der Waals surface area contributed by atoms with Gasteiger partial charge in [-0.15, -0.1) is 0 Å². The predicted molar refractivity (Wildman–Crippen MR) is 147 cm³/mol. The Kier molecular flexibility index (Phi) is 6.84. The molecule has 0 atom stereocenters. The summed E-state index contributed by atoms with van der Waals surface area (Å²) in [5.74, 6) is 1.55. The van der Waals surface area contributed by atoms with E-state index in [-0.39, 0.29) is 18.4 Å². The molecular weight excluding hydrogens is 480 g/mol. The number of carbonyl (C=O) groups is 1. The van der Waals surface area contributed by atoms with Crippen molar-refractivity contribution in [2.75, 3.05) is 5.73 Å². The van der Waals surface area contributed by atoms with Gasteiger partial charge < -0.3 is 20.3 Å². The maximum atomic E-state index is 12.4. The third-order valence-corrected chi connectivity index (χ3v) is 6.88. The average molecular weight is 515 g/mol. The number of aliphatic hydroxyl groups is 1. The molecule has 8 nitrogen and oxygen atoms in total. The number of anilines is 1. The Hall–Kier alpha value is -3.91. The molecule has 0 amide bonds. The lowest BCUT2D eigenvalue weighted by atomic mass is 9.80. The van der Waals surface area contributed by atoms with Crippen LogP contribution in [-0.2, 0) is 9.53 Å². The van der Waals surface area contributed by atoms with Gasteiger partial charge >= 0.3 is 5.97 Å². The molecule has 0 radical (unpaired) electrons. The van der Waals surface area contributed by atoms with Crippen LogP contribution in [0, 0.1) is 0 Å². The van der Waals surface area contributed by atoms with Crippen molar-refractivity contribution in [2.24, 2.45) is 0 Å². The van der Waals surface area contributed by atoms with Crippen molar-refractivity contribution < 1.29 is 19.4 Å². The van der Waals surface area contributed by atoms with Crippen LogP contribution < -0.4 is 10.5 Å². The van der Waals surface area contributed by atoms with Crippen LogP contribution in [0.3, 0.4) is 0 Å². The van der Waals surface area contributed by atoms with Gasteiger partial charge in [-0.1, -0.05) is 18.2 Å². The summed E-state index contributed by atoms with van der Waals surface area (Å²) in [6, 6.07) is 19.4. The van der Waals surface area contributed by atoms with E-state index in [1.807, 2.05) is 86.1 Å². The molecule has 2 heterocycles. The van der Waals surface area contributed by atoms with Crippen molar-refractivity contribution in [1.82, 2.24) is 14.8 Å². The molecule has 3 N–H and O–H groups in total. The summed E-state index contributed by atoms with van der Waals surface area (Å²) in [5.41, 5.74) is 7.26. The quantitative estimate of drug-likeness (QED) is 0.301. The number of nitrogen functional groups attached to an aromatic ring is 1. The average Bonchev–Trinajstić information content (AvgIpc) is 3.25. The number of benzene rings is 2. The molecule has 5 rings (SSSR count). The van der Waals surface area contributed by atoms with Gasteiger partial charge in [-0.3, -0.25) is 9.48 Å². The largest absolute Gasteiger partial charge is 0.460 e. The molecule has 2 aromatic heterocycles. The number of nitrogens with two attached hydrogens (primary N) is 1. The molecule has 38 heavy (non-hydrogen) atoms. The normalized spacial score (nSPS) is 19.8. The molecule has 2 aromatic carbocycles. The number of ether oxygens (including phenoxy) is 2. The highest BCUT2D eigenvalue weighted by Crippen LogP contribution is 2.41. The zero-order chi connectivity index (χ0) is 26.9. The molecular formula is C30H34N4O4. The van der Waals surface area contributed by atoms with Crippen molar-refractivity contribution in [1.29, 1.82) is 0 Å². The number of para-hydroxylation sites is 1. The lowest BCUT2D eigenvalue weighted by Crippen LogP contribution is -2.39. The topological polar surface area (TPSA) is 112 Å². The van der Waals surface area contributed by atoms with Gasteiger partial charge in [-0.25, -0.2) is 4.98 Å². The number of aromatic nitrogens is 3. The van der Waals surface area contributed by atoms with Crippen molar-refractivity contribution >= 4 is 22.7 Å². The van der Waals surface area contributed by atoms with Crippen molar-refractivity contribution in [3.8, 4) is 22.8 Å². The van der Waals surface area contributed by atoms with Gasteiger partial charge in [0, 0.05) is 11.8 Å². The smallest absolute Gasteiger partial charge is 0.309 e. The third kappa shape index (κ3) is 5.65. The van der Waals surface area contributed by atoms with E-state index in [0.29, 0.717) is 31.5 Å². The monoisotopic (exact) mass is 514 g/mol. The first kappa shape index (κ1) is 25.7. The van der Waals surface area contributed by atoms with E-state index in [2.05, 4.69) is 4.98 Å². The van der Waals surface area contributed by atoms with E-state index in [4.69, 9.17) is 20.3 Å². The molecule has 1 fully saturated rings. The Labute approximate surface area is 222 Å². The summed E-state index contributed by atoms with van der Waals surface area (Å²) in [7, 11) is 0. The highest BCUT2D eigenvalue weighted by molar-refractivity contribution is 6.00. The first-order valence-electron chi connectivity index (χ1n) is 13.0. The number of hydrogen-bond acceptors (Lipinski definition) is 7. The third-order valence-electron chi connectivity index (χ3n) is 6.88. The van der Waals surface area contributed by atoms with E-state index < -0.39 is 11.2 Å². The van der Waals surface area contributed by atoms with Gasteiger partial charge in [0.1, 0.15) is 28.6 Å². The molecule has 1 aliphatic rings. The lowest BCUT2D eigenvalue weighted by Gasteiger charge is -2.36. The number of hydrogen-bond donors (Lipinski definition) is 2. The molecule has 1 aliphatic carbocycles. The molecule has 198 valence electrons. The Morgan fingerprint density at radius 3 is 2.37 bits per heavy atom. The van der Waals surface area contributed by atoms with Gasteiger partial charge in [0.25, 0.3) is 0 Å². The highest BCUT2D eigenvalue weighted by atomic mass is 16.6. The summed E-state index contributed by atoms with van der Waals surface area (Å²) in [4.78, 5) is 16.7. The van der Waals surface area contributed by atoms with Crippen LogP contribution in [0.2, 0.25) is 0 Å². The van der Waals surface area contributed by atoms with Gasteiger partial charge in [-0.05, 0) is 88.9 Å². The van der Waals surface area contributed by atoms with Crippen molar-refractivity contribution in [3.63, 3.8) is 0 Å². The number of pyridine rings is 1. The minimum Gasteiger partial charge on any atom is -0.460 e. The SMILES string of the molecule is CC(C)(C)OC(=O)CC1(O)CCC(n2nc(-c3ccc(Oc4ccccc4)cc3)c3c(N)nccc32)CC1. The Morgan fingerprint density at radius 1 is 1.05 bits per heavy atom. The second kappa shape index (κ2) is 10.1. The fourth-order valence-electron chi connectivity index (χ4n) is 5.11. The van der Waals surface area contributed by atoms with Crippen LogP contribution in [0.5, 0.6) is 11.5 Å². The predicted octanol–water partition coefficient (Wildman–Crippen LogP) is 6.05. The molecule has 1 saturated carbocycles. The summed E-state index contributed by atoms with van der Waals surface area (Å²) >= 11 is 0. The van der Waals surface area contributed by atoms with E-state index >= 15 is 0 Å². The molecule has 0 saturated heterocycles. The molecule has 0 bridgehead atoms. The van der Waals surface area contributed by atoms with Gasteiger partial charge in [0.05, 0.1) is 29.0 Å². The standard InChI is InChI=1S/C30H34N4O4/c1-29(2,3)38-25(35)19-30(36)16-13-21(14-17-30)34-24-15-18-32-28(31)26(24)27(33-34)20-9-11-23(12-10-20)37-22-7-5-4-6-8-22/h4-12,15,18,21,36H,13-14,16-17,19H2,1-3H3,(H2,31,32). The molecule has 8 heteroatoms. The molecule has 4 aromatic rings. The molecule has 0 spiro atoms. The number of nitrogens with zero attached hydrogens (tertiary/aromatic N) is 3. The summed E-state index contributed by atoms with van der Waals surface area (Å²) in [6.45, 7) is 5.49. The first-order valence-corrected chi connectivity index (χ1v) is 13.0. The fourth-order valence-corrected chi connectivity index (χ4v) is 5.11. The van der Waals surface area contributed by atoms with E-state index in [1.54, 1.807) is 6.20 Å². The van der Waals surface area contributed by atoms with E-state index in [0.717, 1.165) is 33.7 Å². The zero-order valence-electron chi connectivity index (χ0n) is 22.1. The summed E-state index contributed by atoms with van der Waals surface area (Å²) in [6.07, 6.45) is 4.02. The highest BCUT2D eigenvalue weighted by Gasteiger charge is 2.38. The van der Waals surface area contributed by atoms with Gasteiger partial charge in [0.15, 0.2) is 0 Å². The summed E-state index contributed by atoms with van der Waals surface area (Å²) in [5, 5.41) is 16.9. The molecule has 0 aliphatic heterocycles. The summed E-state index contributed by atoms with van der Waals surface area (Å²) < 4.78 is 13.4. The number of carbonyl (C=O) groups excluding carboxylic acids is 1. The van der Waals surface area contributed by atoms with E-state index in [1.165, 1.54) is 0 Å². The molecule has 0 unspecified atom stereocenters. The zero-order valence-corrected chi connectivity index (χ0v) is 22.1. The van der Waals surface area contributed by atoms with Crippen LogP contribution in [0.25, 0.3) is 22.2 Å². The Morgan fingerprint density at radius 2 is 1.71 bits per heavy atom. The number of fused-ring (bicyclic) bond motifs is 1. The number of esters is 1. The van der Waals surface area contributed by atoms with Crippen molar-refractivity contribution in [2.45, 2.75) is 70.1 Å². The minimum absolute atomic E-state index is 0.00361. The maximum absolute atomic E-state index is 12.4. The van der Waals surface area contributed by atoms with Crippen molar-refractivity contribution in [3.05, 3.63) is 66.9 Å². The minimum atomic E-state index is -1.07.